The number of rotatable bonds is 4. The largest absolute Gasteiger partial charge is 0.386 e. The Kier molecular flexibility index (Phi) is 3.89. The third kappa shape index (κ3) is 3.05. The highest BCUT2D eigenvalue weighted by molar-refractivity contribution is 7.92. The number of nitrogens with one attached hydrogen (secondary N) is 2. The maximum Gasteiger partial charge on any atom is 0.281 e. The van der Waals surface area contributed by atoms with E-state index in [0.29, 0.717) is 11.3 Å². The number of benzene rings is 1. The van der Waals surface area contributed by atoms with Gasteiger partial charge in [0.1, 0.15) is 5.82 Å². The SMILES string of the molecule is CNc1cccnc1S(=O)(=O)Nc1cc(C)cc(F)c1. The molecule has 0 saturated heterocycles. The van der Waals surface area contributed by atoms with Crippen molar-refractivity contribution in [3.8, 4) is 0 Å². The number of hydrogen-bond acceptors (Lipinski definition) is 4. The summed E-state index contributed by atoms with van der Waals surface area (Å²) in [6, 6.07) is 7.20. The van der Waals surface area contributed by atoms with Crippen LogP contribution in [0.4, 0.5) is 15.8 Å². The summed E-state index contributed by atoms with van der Waals surface area (Å²) in [6.07, 6.45) is 1.38. The quantitative estimate of drug-likeness (QED) is 0.908. The molecule has 1 aromatic heterocycles. The van der Waals surface area contributed by atoms with Crippen LogP contribution in [-0.4, -0.2) is 20.4 Å². The Hall–Kier alpha value is -2.15. The molecule has 5 nitrogen and oxygen atoms in total. The van der Waals surface area contributed by atoms with Crippen molar-refractivity contribution in [1.82, 2.24) is 4.98 Å². The summed E-state index contributed by atoms with van der Waals surface area (Å²) < 4.78 is 40.1. The van der Waals surface area contributed by atoms with Gasteiger partial charge in [0.15, 0.2) is 5.03 Å². The maximum atomic E-state index is 13.3. The smallest absolute Gasteiger partial charge is 0.281 e. The molecule has 1 heterocycles. The predicted molar refractivity (Wildman–Crippen MR) is 75.7 cm³/mol. The van der Waals surface area contributed by atoms with E-state index in [4.69, 9.17) is 0 Å². The second-order valence-corrected chi connectivity index (χ2v) is 5.83. The lowest BCUT2D eigenvalue weighted by Gasteiger charge is -2.11. The van der Waals surface area contributed by atoms with E-state index in [1.807, 2.05) is 0 Å². The van der Waals surface area contributed by atoms with Crippen LogP contribution in [0.5, 0.6) is 0 Å². The second-order valence-electron chi connectivity index (χ2n) is 4.23. The highest BCUT2D eigenvalue weighted by Gasteiger charge is 2.20. The van der Waals surface area contributed by atoms with Gasteiger partial charge in [-0.25, -0.2) is 9.37 Å². The van der Waals surface area contributed by atoms with Gasteiger partial charge in [0.2, 0.25) is 0 Å². The lowest BCUT2D eigenvalue weighted by molar-refractivity contribution is 0.598. The minimum absolute atomic E-state index is 0.135. The first kappa shape index (κ1) is 14.3. The number of pyridine rings is 1. The molecule has 0 aliphatic rings. The van der Waals surface area contributed by atoms with E-state index >= 15 is 0 Å². The Morgan fingerprint density at radius 2 is 2.00 bits per heavy atom. The zero-order valence-corrected chi connectivity index (χ0v) is 11.8. The van der Waals surface area contributed by atoms with E-state index in [1.54, 1.807) is 32.2 Å². The van der Waals surface area contributed by atoms with Gasteiger partial charge in [0.05, 0.1) is 11.4 Å². The van der Waals surface area contributed by atoms with Gasteiger partial charge < -0.3 is 5.32 Å². The molecule has 2 aromatic rings. The van der Waals surface area contributed by atoms with E-state index in [-0.39, 0.29) is 10.7 Å². The van der Waals surface area contributed by atoms with Crippen molar-refractivity contribution in [1.29, 1.82) is 0 Å². The molecule has 0 saturated carbocycles. The van der Waals surface area contributed by atoms with Gasteiger partial charge in [-0.3, -0.25) is 4.72 Å². The van der Waals surface area contributed by atoms with Crippen LogP contribution in [-0.2, 0) is 10.0 Å². The molecule has 106 valence electrons. The first-order chi connectivity index (χ1) is 9.42. The molecule has 0 radical (unpaired) electrons. The van der Waals surface area contributed by atoms with Gasteiger partial charge in [-0.15, -0.1) is 0 Å². The lowest BCUT2D eigenvalue weighted by Crippen LogP contribution is -2.16. The summed E-state index contributed by atoms with van der Waals surface area (Å²) in [7, 11) is -2.28. The van der Waals surface area contributed by atoms with Crippen LogP contribution in [0.3, 0.4) is 0 Å². The molecule has 1 aromatic carbocycles. The van der Waals surface area contributed by atoms with E-state index in [2.05, 4.69) is 15.0 Å². The highest BCUT2D eigenvalue weighted by Crippen LogP contribution is 2.22. The molecule has 7 heteroatoms. The fraction of sp³-hybridized carbons (Fsp3) is 0.154. The van der Waals surface area contributed by atoms with Crippen LogP contribution in [0.1, 0.15) is 5.56 Å². The first-order valence-corrected chi connectivity index (χ1v) is 7.33. The van der Waals surface area contributed by atoms with Crippen molar-refractivity contribution in [2.45, 2.75) is 11.9 Å². The monoisotopic (exact) mass is 295 g/mol. The molecular formula is C13H14FN3O2S. The summed E-state index contributed by atoms with van der Waals surface area (Å²) in [5, 5.41) is 2.62. The van der Waals surface area contributed by atoms with Crippen molar-refractivity contribution < 1.29 is 12.8 Å². The molecule has 2 rings (SSSR count). The standard InChI is InChI=1S/C13H14FN3O2S/c1-9-6-10(14)8-11(7-9)17-20(18,19)13-12(15-2)4-3-5-16-13/h3-8,15,17H,1-2H3. The number of sulfonamides is 1. The minimum atomic E-state index is -3.88. The van der Waals surface area contributed by atoms with Crippen LogP contribution in [0.2, 0.25) is 0 Å². The van der Waals surface area contributed by atoms with Crippen molar-refractivity contribution in [3.63, 3.8) is 0 Å². The van der Waals surface area contributed by atoms with E-state index in [9.17, 15) is 12.8 Å². The molecular weight excluding hydrogens is 281 g/mol. The predicted octanol–water partition coefficient (Wildman–Crippen LogP) is 2.37. The van der Waals surface area contributed by atoms with Gasteiger partial charge in [-0.1, -0.05) is 0 Å². The third-order valence-electron chi connectivity index (χ3n) is 2.59. The van der Waals surface area contributed by atoms with Gasteiger partial charge in [-0.2, -0.15) is 8.42 Å². The summed E-state index contributed by atoms with van der Waals surface area (Å²) in [4.78, 5) is 3.86. The van der Waals surface area contributed by atoms with E-state index in [0.717, 1.165) is 6.07 Å². The van der Waals surface area contributed by atoms with Crippen LogP contribution in [0.15, 0.2) is 41.6 Å². The molecule has 20 heavy (non-hydrogen) atoms. The van der Waals surface area contributed by atoms with Crippen LogP contribution >= 0.6 is 0 Å². The van der Waals surface area contributed by atoms with Gasteiger partial charge in [-0.05, 0) is 42.8 Å². The number of anilines is 2. The van der Waals surface area contributed by atoms with Crippen molar-refractivity contribution in [2.24, 2.45) is 0 Å². The Balaban J connectivity index is 2.41. The Morgan fingerprint density at radius 1 is 1.25 bits per heavy atom. The number of hydrogen-bond donors (Lipinski definition) is 2. The number of halogens is 1. The van der Waals surface area contributed by atoms with Crippen molar-refractivity contribution >= 4 is 21.4 Å². The Labute approximate surface area is 116 Å². The molecule has 0 atom stereocenters. The van der Waals surface area contributed by atoms with E-state index in [1.165, 1.54) is 12.3 Å². The third-order valence-corrected chi connectivity index (χ3v) is 3.93. The average Bonchev–Trinajstić information content (AvgIpc) is 2.36. The molecule has 0 spiro atoms. The number of nitrogens with zero attached hydrogens (tertiary/aromatic N) is 1. The van der Waals surface area contributed by atoms with Gasteiger partial charge in [0, 0.05) is 13.2 Å². The molecule has 0 aliphatic carbocycles. The normalized spacial score (nSPS) is 11.2. The second kappa shape index (κ2) is 5.46. The molecule has 0 amide bonds. The zero-order valence-electron chi connectivity index (χ0n) is 11.0. The maximum absolute atomic E-state index is 13.3. The minimum Gasteiger partial charge on any atom is -0.386 e. The summed E-state index contributed by atoms with van der Waals surface area (Å²) in [5.74, 6) is -0.502. The highest BCUT2D eigenvalue weighted by atomic mass is 32.2. The molecule has 0 fully saturated rings. The fourth-order valence-electron chi connectivity index (χ4n) is 1.79. The van der Waals surface area contributed by atoms with Crippen LogP contribution < -0.4 is 10.0 Å². The van der Waals surface area contributed by atoms with Crippen molar-refractivity contribution in [3.05, 3.63) is 47.9 Å². The molecule has 0 unspecified atom stereocenters. The summed E-state index contributed by atoms with van der Waals surface area (Å²) in [5.41, 5.74) is 1.15. The van der Waals surface area contributed by atoms with Gasteiger partial charge in [0.25, 0.3) is 10.0 Å². The fourth-order valence-corrected chi connectivity index (χ4v) is 2.98. The van der Waals surface area contributed by atoms with Gasteiger partial charge >= 0.3 is 0 Å². The Bertz CT molecular complexity index is 712. The molecule has 0 aliphatic heterocycles. The molecule has 0 bridgehead atoms. The van der Waals surface area contributed by atoms with E-state index < -0.39 is 15.8 Å². The summed E-state index contributed by atoms with van der Waals surface area (Å²) >= 11 is 0. The topological polar surface area (TPSA) is 71.1 Å². The summed E-state index contributed by atoms with van der Waals surface area (Å²) in [6.45, 7) is 1.68. The lowest BCUT2D eigenvalue weighted by atomic mass is 10.2. The van der Waals surface area contributed by atoms with Crippen LogP contribution in [0.25, 0.3) is 0 Å². The first-order valence-electron chi connectivity index (χ1n) is 5.85. The van der Waals surface area contributed by atoms with Crippen molar-refractivity contribution in [2.75, 3.05) is 17.1 Å². The average molecular weight is 295 g/mol. The number of aromatic nitrogens is 1. The Morgan fingerprint density at radius 3 is 2.65 bits per heavy atom. The number of aryl methyl sites for hydroxylation is 1. The van der Waals surface area contributed by atoms with Crippen LogP contribution in [0, 0.1) is 12.7 Å². The molecule has 2 N–H and O–H groups in total. The zero-order chi connectivity index (χ0) is 14.8.